The summed E-state index contributed by atoms with van der Waals surface area (Å²) >= 11 is 0. The van der Waals surface area contributed by atoms with Crippen LogP contribution >= 0.6 is 0 Å². The first-order valence-corrected chi connectivity index (χ1v) is 8.03. The van der Waals surface area contributed by atoms with Gasteiger partial charge in [0.15, 0.2) is 0 Å². The van der Waals surface area contributed by atoms with E-state index in [4.69, 9.17) is 10.00 Å². The molecule has 0 bridgehead atoms. The number of para-hydroxylation sites is 2. The van der Waals surface area contributed by atoms with Gasteiger partial charge in [-0.2, -0.15) is 10.4 Å². The molecule has 0 saturated carbocycles. The Bertz CT molecular complexity index is 1000. The van der Waals surface area contributed by atoms with Gasteiger partial charge >= 0.3 is 0 Å². The predicted molar refractivity (Wildman–Crippen MR) is 98.7 cm³/mol. The van der Waals surface area contributed by atoms with Crippen molar-refractivity contribution in [1.29, 1.82) is 5.26 Å². The zero-order valence-electron chi connectivity index (χ0n) is 14.8. The van der Waals surface area contributed by atoms with Crippen LogP contribution in [0.25, 0.3) is 5.69 Å². The molecule has 3 aromatic rings. The van der Waals surface area contributed by atoms with E-state index in [9.17, 15) is 4.79 Å². The molecule has 0 N–H and O–H groups in total. The Morgan fingerprint density at radius 1 is 1.23 bits per heavy atom. The molecule has 2 aromatic carbocycles. The largest absolute Gasteiger partial charge is 0.494 e. The van der Waals surface area contributed by atoms with Crippen molar-refractivity contribution in [3.05, 3.63) is 71.5 Å². The maximum atomic E-state index is 12.9. The van der Waals surface area contributed by atoms with Crippen molar-refractivity contribution in [2.24, 2.45) is 0 Å². The summed E-state index contributed by atoms with van der Waals surface area (Å²) in [6.07, 6.45) is 1.55. The highest BCUT2D eigenvalue weighted by atomic mass is 16.5. The normalized spacial score (nSPS) is 10.2. The Morgan fingerprint density at radius 2 is 2.00 bits per heavy atom. The lowest BCUT2D eigenvalue weighted by molar-refractivity contribution is 0.0992. The average molecular weight is 346 g/mol. The van der Waals surface area contributed by atoms with Gasteiger partial charge in [0.25, 0.3) is 5.91 Å². The maximum absolute atomic E-state index is 12.9. The number of methoxy groups -OCH3 is 1. The van der Waals surface area contributed by atoms with Crippen LogP contribution in [-0.2, 0) is 0 Å². The Morgan fingerprint density at radius 3 is 2.73 bits per heavy atom. The fourth-order valence-corrected chi connectivity index (χ4v) is 2.75. The molecule has 0 aliphatic carbocycles. The third kappa shape index (κ3) is 3.03. The number of aromatic nitrogens is 2. The van der Waals surface area contributed by atoms with Crippen LogP contribution in [0.1, 0.15) is 21.6 Å². The summed E-state index contributed by atoms with van der Waals surface area (Å²) in [5.74, 6) is 0.478. The Hall–Kier alpha value is -3.59. The molecule has 0 aliphatic heterocycles. The van der Waals surface area contributed by atoms with E-state index in [2.05, 4.69) is 11.2 Å². The second kappa shape index (κ2) is 7.11. The van der Waals surface area contributed by atoms with Gasteiger partial charge in [-0.1, -0.05) is 18.2 Å². The van der Waals surface area contributed by atoms with Crippen molar-refractivity contribution in [3.63, 3.8) is 0 Å². The van der Waals surface area contributed by atoms with Gasteiger partial charge in [0.1, 0.15) is 11.4 Å². The van der Waals surface area contributed by atoms with Gasteiger partial charge in [0.05, 0.1) is 36.2 Å². The molecule has 130 valence electrons. The lowest BCUT2D eigenvalue weighted by Gasteiger charge is -2.17. The van der Waals surface area contributed by atoms with Gasteiger partial charge in [-0.3, -0.25) is 4.79 Å². The minimum absolute atomic E-state index is 0.196. The molecule has 1 aromatic heterocycles. The first-order chi connectivity index (χ1) is 12.6. The van der Waals surface area contributed by atoms with E-state index < -0.39 is 0 Å². The summed E-state index contributed by atoms with van der Waals surface area (Å²) < 4.78 is 7.07. The van der Waals surface area contributed by atoms with Crippen molar-refractivity contribution in [3.8, 4) is 17.5 Å². The number of carbonyl (C=O) groups is 1. The summed E-state index contributed by atoms with van der Waals surface area (Å²) in [5, 5.41) is 13.4. The van der Waals surface area contributed by atoms with Crippen molar-refractivity contribution < 1.29 is 9.53 Å². The number of nitrogens with zero attached hydrogens (tertiary/aromatic N) is 4. The molecule has 26 heavy (non-hydrogen) atoms. The first kappa shape index (κ1) is 17.2. The van der Waals surface area contributed by atoms with E-state index in [1.54, 1.807) is 49.3 Å². The molecule has 1 amide bonds. The molecule has 0 atom stereocenters. The SMILES string of the molecule is COc1ccccc1-n1ncc(C(=O)N(C)c2cccc(C#N)c2)c1C. The van der Waals surface area contributed by atoms with Crippen LogP contribution in [0.3, 0.4) is 0 Å². The van der Waals surface area contributed by atoms with E-state index >= 15 is 0 Å². The van der Waals surface area contributed by atoms with Crippen LogP contribution in [0, 0.1) is 18.3 Å². The monoisotopic (exact) mass is 346 g/mol. The quantitative estimate of drug-likeness (QED) is 0.726. The fraction of sp³-hybridized carbons (Fsp3) is 0.150. The zero-order valence-corrected chi connectivity index (χ0v) is 14.8. The number of nitriles is 1. The van der Waals surface area contributed by atoms with Crippen molar-refractivity contribution in [1.82, 2.24) is 9.78 Å². The third-order valence-corrected chi connectivity index (χ3v) is 4.22. The van der Waals surface area contributed by atoms with Gasteiger partial charge in [-0.25, -0.2) is 4.68 Å². The third-order valence-electron chi connectivity index (χ3n) is 4.22. The van der Waals surface area contributed by atoms with Crippen LogP contribution in [0.4, 0.5) is 5.69 Å². The average Bonchev–Trinajstić information content (AvgIpc) is 3.07. The van der Waals surface area contributed by atoms with Gasteiger partial charge < -0.3 is 9.64 Å². The molecule has 1 heterocycles. The number of carbonyl (C=O) groups excluding carboxylic acids is 1. The van der Waals surface area contributed by atoms with Crippen molar-refractivity contribution >= 4 is 11.6 Å². The number of hydrogen-bond acceptors (Lipinski definition) is 4. The number of hydrogen-bond donors (Lipinski definition) is 0. The van der Waals surface area contributed by atoms with Crippen LogP contribution in [-0.4, -0.2) is 29.8 Å². The number of benzene rings is 2. The van der Waals surface area contributed by atoms with Crippen molar-refractivity contribution in [2.45, 2.75) is 6.92 Å². The summed E-state index contributed by atoms with van der Waals surface area (Å²) in [7, 11) is 3.28. The molecular formula is C20H18N4O2. The fourth-order valence-electron chi connectivity index (χ4n) is 2.75. The standard InChI is InChI=1S/C20H18N4O2/c1-14-17(13-22-24(14)18-9-4-5-10-19(18)26-3)20(25)23(2)16-8-6-7-15(11-16)12-21/h4-11,13H,1-3H3. The van der Waals surface area contributed by atoms with Gasteiger partial charge in [-0.05, 0) is 37.3 Å². The second-order valence-corrected chi connectivity index (χ2v) is 5.75. The summed E-state index contributed by atoms with van der Waals surface area (Å²) in [5.41, 5.74) is 3.12. The van der Waals surface area contributed by atoms with Gasteiger partial charge in [0, 0.05) is 12.7 Å². The van der Waals surface area contributed by atoms with Gasteiger partial charge in [0.2, 0.25) is 0 Å². The predicted octanol–water partition coefficient (Wildman–Crippen LogP) is 3.34. The number of rotatable bonds is 4. The molecule has 6 heteroatoms. The van der Waals surface area contributed by atoms with Crippen LogP contribution in [0.5, 0.6) is 5.75 Å². The molecule has 0 spiro atoms. The number of anilines is 1. The summed E-state index contributed by atoms with van der Waals surface area (Å²) in [6.45, 7) is 1.84. The second-order valence-electron chi connectivity index (χ2n) is 5.75. The van der Waals surface area contributed by atoms with E-state index in [1.165, 1.54) is 4.90 Å². The Balaban J connectivity index is 1.96. The van der Waals surface area contributed by atoms with Crippen LogP contribution in [0.2, 0.25) is 0 Å². The van der Waals surface area contributed by atoms with Crippen molar-refractivity contribution in [2.75, 3.05) is 19.1 Å². The molecular weight excluding hydrogens is 328 g/mol. The highest BCUT2D eigenvalue weighted by Gasteiger charge is 2.21. The molecule has 0 saturated heterocycles. The minimum atomic E-state index is -0.196. The highest BCUT2D eigenvalue weighted by molar-refractivity contribution is 6.06. The Labute approximate surface area is 151 Å². The van der Waals surface area contributed by atoms with E-state index in [-0.39, 0.29) is 5.91 Å². The van der Waals surface area contributed by atoms with Crippen LogP contribution in [0.15, 0.2) is 54.7 Å². The minimum Gasteiger partial charge on any atom is -0.494 e. The van der Waals surface area contributed by atoms with E-state index in [1.807, 2.05) is 31.2 Å². The number of amides is 1. The number of ether oxygens (including phenoxy) is 1. The summed E-state index contributed by atoms with van der Waals surface area (Å²) in [6, 6.07) is 16.5. The topological polar surface area (TPSA) is 71.2 Å². The maximum Gasteiger partial charge on any atom is 0.261 e. The highest BCUT2D eigenvalue weighted by Crippen LogP contribution is 2.25. The molecule has 0 fully saturated rings. The molecule has 3 rings (SSSR count). The van der Waals surface area contributed by atoms with Gasteiger partial charge in [-0.15, -0.1) is 0 Å². The smallest absolute Gasteiger partial charge is 0.261 e. The lowest BCUT2D eigenvalue weighted by atomic mass is 10.1. The van der Waals surface area contributed by atoms with E-state index in [0.717, 1.165) is 5.69 Å². The lowest BCUT2D eigenvalue weighted by Crippen LogP contribution is -2.26. The molecule has 0 radical (unpaired) electrons. The Kier molecular flexibility index (Phi) is 4.72. The molecule has 0 unspecified atom stereocenters. The molecule has 0 aliphatic rings. The van der Waals surface area contributed by atoms with E-state index in [0.29, 0.717) is 28.3 Å². The zero-order chi connectivity index (χ0) is 18.7. The molecule has 6 nitrogen and oxygen atoms in total. The summed E-state index contributed by atoms with van der Waals surface area (Å²) in [4.78, 5) is 14.4. The first-order valence-electron chi connectivity index (χ1n) is 8.03. The van der Waals surface area contributed by atoms with Crippen LogP contribution < -0.4 is 9.64 Å².